The number of aliphatic hydroxyl groups is 1. The van der Waals surface area contributed by atoms with Gasteiger partial charge in [0, 0.05) is 18.4 Å². The van der Waals surface area contributed by atoms with Gasteiger partial charge in [-0.05, 0) is 40.8 Å². The molecule has 6 nitrogen and oxygen atoms in total. The normalized spacial score (nSPS) is 19.4. The Kier molecular flexibility index (Phi) is 5.16. The first kappa shape index (κ1) is 19.9. The van der Waals surface area contributed by atoms with E-state index in [4.69, 9.17) is 4.74 Å². The smallest absolute Gasteiger partial charge is 0.159 e. The van der Waals surface area contributed by atoms with Crippen LogP contribution in [0.3, 0.4) is 0 Å². The maximum Gasteiger partial charge on any atom is 0.159 e. The molecule has 0 fully saturated rings. The zero-order valence-corrected chi connectivity index (χ0v) is 17.3. The van der Waals surface area contributed by atoms with Crippen LogP contribution in [0.4, 0.5) is 0 Å². The van der Waals surface area contributed by atoms with Crippen LogP contribution >= 0.6 is 0 Å². The summed E-state index contributed by atoms with van der Waals surface area (Å²) < 4.78 is 7.65. The van der Waals surface area contributed by atoms with Crippen LogP contribution < -0.4 is 4.74 Å². The van der Waals surface area contributed by atoms with Gasteiger partial charge in [-0.3, -0.25) is 4.79 Å². The van der Waals surface area contributed by atoms with E-state index in [1.54, 1.807) is 11.0 Å². The van der Waals surface area contributed by atoms with E-state index in [0.717, 1.165) is 11.3 Å². The number of benzene rings is 2. The zero-order valence-electron chi connectivity index (χ0n) is 17.3. The molecule has 0 aliphatic heterocycles. The number of hydrogen-bond donors (Lipinski definition) is 1. The van der Waals surface area contributed by atoms with E-state index < -0.39 is 6.04 Å². The SMILES string of the molecule is CC(C)(C)c1ccc(Oc2cccc(C3CC(=O)C=C(O)C3n3cncn3)c2)cc1. The van der Waals surface area contributed by atoms with E-state index in [1.807, 2.05) is 36.4 Å². The summed E-state index contributed by atoms with van der Waals surface area (Å²) in [6.45, 7) is 6.52. The fraction of sp³-hybridized carbons (Fsp3) is 0.292. The molecule has 6 heteroatoms. The van der Waals surface area contributed by atoms with Gasteiger partial charge in [-0.2, -0.15) is 5.10 Å². The summed E-state index contributed by atoms with van der Waals surface area (Å²) >= 11 is 0. The number of nitrogens with zero attached hydrogens (tertiary/aromatic N) is 3. The minimum atomic E-state index is -0.480. The summed E-state index contributed by atoms with van der Waals surface area (Å²) in [6, 6.07) is 15.2. The van der Waals surface area contributed by atoms with Crippen LogP contribution in [-0.2, 0) is 10.2 Å². The molecular formula is C24H25N3O3. The average Bonchev–Trinajstić information content (AvgIpc) is 3.21. The molecule has 2 atom stereocenters. The Morgan fingerprint density at radius 3 is 2.53 bits per heavy atom. The predicted octanol–water partition coefficient (Wildman–Crippen LogP) is 5.11. The van der Waals surface area contributed by atoms with Crippen LogP contribution in [0.5, 0.6) is 11.5 Å². The molecule has 2 unspecified atom stereocenters. The molecule has 1 aliphatic carbocycles. The largest absolute Gasteiger partial charge is 0.510 e. The first-order valence-corrected chi connectivity index (χ1v) is 9.97. The summed E-state index contributed by atoms with van der Waals surface area (Å²) in [5, 5.41) is 14.6. The molecule has 154 valence electrons. The molecule has 1 N–H and O–H groups in total. The van der Waals surface area contributed by atoms with Crippen molar-refractivity contribution in [3.8, 4) is 11.5 Å². The van der Waals surface area contributed by atoms with Crippen molar-refractivity contribution in [2.75, 3.05) is 0 Å². The second kappa shape index (κ2) is 7.78. The Morgan fingerprint density at radius 1 is 1.10 bits per heavy atom. The van der Waals surface area contributed by atoms with E-state index in [0.29, 0.717) is 5.75 Å². The lowest BCUT2D eigenvalue weighted by Gasteiger charge is -2.29. The third kappa shape index (κ3) is 4.13. The van der Waals surface area contributed by atoms with Crippen molar-refractivity contribution in [2.45, 2.75) is 44.6 Å². The molecule has 0 radical (unpaired) electrons. The van der Waals surface area contributed by atoms with E-state index in [1.165, 1.54) is 18.0 Å². The van der Waals surface area contributed by atoms with Crippen LogP contribution in [0.15, 0.2) is 73.0 Å². The van der Waals surface area contributed by atoms with Crippen LogP contribution in [0.25, 0.3) is 0 Å². The first-order chi connectivity index (χ1) is 14.3. The number of ether oxygens (including phenoxy) is 1. The molecule has 1 heterocycles. The van der Waals surface area contributed by atoms with Gasteiger partial charge < -0.3 is 9.84 Å². The van der Waals surface area contributed by atoms with E-state index >= 15 is 0 Å². The van der Waals surface area contributed by atoms with Gasteiger partial charge in [-0.15, -0.1) is 0 Å². The van der Waals surface area contributed by atoms with Gasteiger partial charge in [0.05, 0.1) is 0 Å². The number of allylic oxidation sites excluding steroid dienone is 2. The first-order valence-electron chi connectivity index (χ1n) is 9.97. The summed E-state index contributed by atoms with van der Waals surface area (Å²) in [5.74, 6) is 1.03. The highest BCUT2D eigenvalue weighted by atomic mass is 16.5. The molecule has 1 aliphatic rings. The van der Waals surface area contributed by atoms with E-state index in [2.05, 4.69) is 43.0 Å². The van der Waals surface area contributed by atoms with Crippen molar-refractivity contribution in [1.29, 1.82) is 0 Å². The topological polar surface area (TPSA) is 77.2 Å². The quantitative estimate of drug-likeness (QED) is 0.655. The van der Waals surface area contributed by atoms with Crippen molar-refractivity contribution in [1.82, 2.24) is 14.8 Å². The van der Waals surface area contributed by atoms with Gasteiger partial charge in [0.1, 0.15) is 36.0 Å². The lowest BCUT2D eigenvalue weighted by atomic mass is 9.82. The van der Waals surface area contributed by atoms with Crippen molar-refractivity contribution in [3.63, 3.8) is 0 Å². The van der Waals surface area contributed by atoms with Crippen LogP contribution in [0.1, 0.15) is 50.3 Å². The number of aliphatic hydroxyl groups excluding tert-OH is 1. The lowest BCUT2D eigenvalue weighted by Crippen LogP contribution is -2.27. The molecule has 0 bridgehead atoms. The Balaban J connectivity index is 1.61. The van der Waals surface area contributed by atoms with E-state index in [9.17, 15) is 9.90 Å². The van der Waals surface area contributed by atoms with Crippen LogP contribution in [0, 0.1) is 0 Å². The van der Waals surface area contributed by atoms with Crippen molar-refractivity contribution in [2.24, 2.45) is 0 Å². The molecule has 4 rings (SSSR count). The van der Waals surface area contributed by atoms with Gasteiger partial charge in [0.2, 0.25) is 0 Å². The molecule has 30 heavy (non-hydrogen) atoms. The monoisotopic (exact) mass is 403 g/mol. The van der Waals surface area contributed by atoms with Crippen molar-refractivity contribution >= 4 is 5.78 Å². The highest BCUT2D eigenvalue weighted by Gasteiger charge is 2.34. The molecular weight excluding hydrogens is 378 g/mol. The molecule has 0 saturated carbocycles. The highest BCUT2D eigenvalue weighted by molar-refractivity contribution is 5.92. The third-order valence-corrected chi connectivity index (χ3v) is 5.38. The third-order valence-electron chi connectivity index (χ3n) is 5.38. The number of rotatable bonds is 4. The second-order valence-corrected chi connectivity index (χ2v) is 8.62. The van der Waals surface area contributed by atoms with Gasteiger partial charge in [-0.25, -0.2) is 9.67 Å². The summed E-state index contributed by atoms with van der Waals surface area (Å²) in [5.41, 5.74) is 2.22. The molecule has 0 saturated heterocycles. The number of carbonyl (C=O) groups excluding carboxylic acids is 1. The summed E-state index contributed by atoms with van der Waals surface area (Å²) in [6.07, 6.45) is 4.52. The Bertz CT molecular complexity index is 1060. The van der Waals surface area contributed by atoms with Gasteiger partial charge in [-0.1, -0.05) is 45.0 Å². The number of hydrogen-bond acceptors (Lipinski definition) is 5. The molecule has 0 amide bonds. The molecule has 3 aromatic rings. The maximum absolute atomic E-state index is 12.1. The lowest BCUT2D eigenvalue weighted by molar-refractivity contribution is -0.116. The Morgan fingerprint density at radius 2 is 1.87 bits per heavy atom. The van der Waals surface area contributed by atoms with Crippen LogP contribution in [0.2, 0.25) is 0 Å². The fourth-order valence-electron chi connectivity index (χ4n) is 3.79. The zero-order chi connectivity index (χ0) is 21.3. The number of aromatic nitrogens is 3. The maximum atomic E-state index is 12.1. The molecule has 1 aromatic heterocycles. The van der Waals surface area contributed by atoms with Gasteiger partial charge in [0.25, 0.3) is 0 Å². The van der Waals surface area contributed by atoms with Crippen LogP contribution in [-0.4, -0.2) is 25.7 Å². The van der Waals surface area contributed by atoms with Gasteiger partial charge in [0.15, 0.2) is 5.78 Å². The number of carbonyl (C=O) groups is 1. The fourth-order valence-corrected chi connectivity index (χ4v) is 3.79. The number of ketones is 1. The minimum Gasteiger partial charge on any atom is -0.510 e. The average molecular weight is 403 g/mol. The summed E-state index contributed by atoms with van der Waals surface area (Å²) in [7, 11) is 0. The second-order valence-electron chi connectivity index (χ2n) is 8.62. The Hall–Kier alpha value is -3.41. The summed E-state index contributed by atoms with van der Waals surface area (Å²) in [4.78, 5) is 16.1. The molecule has 0 spiro atoms. The molecule has 2 aromatic carbocycles. The van der Waals surface area contributed by atoms with Crippen molar-refractivity contribution < 1.29 is 14.6 Å². The van der Waals surface area contributed by atoms with Crippen molar-refractivity contribution in [3.05, 3.63) is 84.1 Å². The predicted molar refractivity (Wildman–Crippen MR) is 114 cm³/mol. The standard InChI is InChI=1S/C24H25N3O3/c1-24(2,3)17-7-9-19(10-8-17)30-20-6-4-5-16(11-20)21-12-18(28)13-22(29)23(21)27-15-25-14-26-27/h4-11,13-15,21,23,29H,12H2,1-3H3. The highest BCUT2D eigenvalue weighted by Crippen LogP contribution is 2.40. The van der Waals surface area contributed by atoms with Gasteiger partial charge >= 0.3 is 0 Å². The van der Waals surface area contributed by atoms with E-state index in [-0.39, 0.29) is 29.3 Å². The Labute approximate surface area is 175 Å². The minimum absolute atomic E-state index is 0.00848.